The minimum Gasteiger partial charge on any atom is -0.496 e. The summed E-state index contributed by atoms with van der Waals surface area (Å²) in [5.74, 6) is 0.465. The van der Waals surface area contributed by atoms with Crippen molar-refractivity contribution in [3.63, 3.8) is 0 Å². The molecule has 0 unspecified atom stereocenters. The maximum Gasteiger partial charge on any atom is 0.226 e. The molecule has 1 amide bonds. The number of halogens is 1. The summed E-state index contributed by atoms with van der Waals surface area (Å²) >= 11 is 0. The molecule has 0 spiro atoms. The summed E-state index contributed by atoms with van der Waals surface area (Å²) in [5.41, 5.74) is 2.15. The minimum absolute atomic E-state index is 0.142. The first kappa shape index (κ1) is 21.8. The second-order valence-corrected chi connectivity index (χ2v) is 8.88. The van der Waals surface area contributed by atoms with Crippen LogP contribution in [0.5, 0.6) is 5.75 Å². The molecule has 1 N–H and O–H groups in total. The normalized spacial score (nSPS) is 19.0. The van der Waals surface area contributed by atoms with Crippen molar-refractivity contribution in [1.29, 1.82) is 0 Å². The average Bonchev–Trinajstić information content (AvgIpc) is 2.81. The van der Waals surface area contributed by atoms with Crippen LogP contribution in [-0.2, 0) is 16.0 Å². The zero-order chi connectivity index (χ0) is 21.7. The lowest BCUT2D eigenvalue weighted by Crippen LogP contribution is -2.49. The molecule has 1 aliphatic heterocycles. The van der Waals surface area contributed by atoms with E-state index in [-0.39, 0.29) is 17.8 Å². The van der Waals surface area contributed by atoms with Gasteiger partial charge in [-0.05, 0) is 61.4 Å². The van der Waals surface area contributed by atoms with E-state index in [1.807, 2.05) is 24.3 Å². The van der Waals surface area contributed by atoms with Crippen LogP contribution in [0.3, 0.4) is 0 Å². The van der Waals surface area contributed by atoms with Gasteiger partial charge in [-0.1, -0.05) is 43.5 Å². The van der Waals surface area contributed by atoms with Crippen LogP contribution in [0.15, 0.2) is 42.5 Å². The van der Waals surface area contributed by atoms with Gasteiger partial charge >= 0.3 is 0 Å². The molecule has 31 heavy (non-hydrogen) atoms. The van der Waals surface area contributed by atoms with Gasteiger partial charge in [-0.15, -0.1) is 0 Å². The zero-order valence-electron chi connectivity index (χ0n) is 18.3. The third kappa shape index (κ3) is 4.93. The molecule has 2 aromatic rings. The minimum atomic E-state index is -0.508. The highest BCUT2D eigenvalue weighted by Gasteiger charge is 2.41. The molecule has 2 aliphatic rings. The maximum absolute atomic E-state index is 14.1. The standard InChI is InChI=1S/C26H32FNO3/c1-30-24-12-11-20(27)17-23(24)22-10-6-5-7-19(22)18-26(13-15-31-16-14-26)25(29)28-21-8-3-2-4-9-21/h5-7,10-12,17,21H,2-4,8-9,13-16,18H2,1H3,(H,28,29). The highest BCUT2D eigenvalue weighted by Crippen LogP contribution is 2.40. The molecular formula is C26H32FNO3. The van der Waals surface area contributed by atoms with Gasteiger partial charge in [0.2, 0.25) is 5.91 Å². The van der Waals surface area contributed by atoms with E-state index in [0.717, 1.165) is 24.0 Å². The fraction of sp³-hybridized carbons (Fsp3) is 0.500. The van der Waals surface area contributed by atoms with E-state index in [4.69, 9.17) is 9.47 Å². The summed E-state index contributed by atoms with van der Waals surface area (Å²) in [4.78, 5) is 13.6. The lowest BCUT2D eigenvalue weighted by atomic mass is 9.73. The largest absolute Gasteiger partial charge is 0.496 e. The first-order valence-corrected chi connectivity index (χ1v) is 11.4. The Balaban J connectivity index is 1.65. The molecular weight excluding hydrogens is 393 g/mol. The van der Waals surface area contributed by atoms with E-state index in [1.54, 1.807) is 13.2 Å². The van der Waals surface area contributed by atoms with Crippen LogP contribution in [-0.4, -0.2) is 32.3 Å². The Morgan fingerprint density at radius 3 is 2.58 bits per heavy atom. The van der Waals surface area contributed by atoms with Crippen LogP contribution in [0, 0.1) is 11.2 Å². The molecule has 5 heteroatoms. The van der Waals surface area contributed by atoms with Gasteiger partial charge in [-0.3, -0.25) is 4.79 Å². The highest BCUT2D eigenvalue weighted by atomic mass is 19.1. The monoisotopic (exact) mass is 425 g/mol. The number of hydrogen-bond donors (Lipinski definition) is 1. The lowest BCUT2D eigenvalue weighted by Gasteiger charge is -2.38. The van der Waals surface area contributed by atoms with Crippen molar-refractivity contribution in [2.75, 3.05) is 20.3 Å². The van der Waals surface area contributed by atoms with Crippen LogP contribution in [0.1, 0.15) is 50.5 Å². The number of methoxy groups -OCH3 is 1. The van der Waals surface area contributed by atoms with Gasteiger partial charge in [0.1, 0.15) is 11.6 Å². The van der Waals surface area contributed by atoms with Crippen molar-refractivity contribution in [3.05, 3.63) is 53.8 Å². The molecule has 1 saturated carbocycles. The average molecular weight is 426 g/mol. The van der Waals surface area contributed by atoms with Crippen molar-refractivity contribution in [2.45, 2.75) is 57.4 Å². The molecule has 0 bridgehead atoms. The zero-order valence-corrected chi connectivity index (χ0v) is 18.3. The molecule has 2 aromatic carbocycles. The topological polar surface area (TPSA) is 47.6 Å². The lowest BCUT2D eigenvalue weighted by molar-refractivity contribution is -0.137. The second-order valence-electron chi connectivity index (χ2n) is 8.88. The summed E-state index contributed by atoms with van der Waals surface area (Å²) in [6.07, 6.45) is 7.75. The van der Waals surface area contributed by atoms with Gasteiger partial charge in [0, 0.05) is 24.8 Å². The predicted molar refractivity (Wildman–Crippen MR) is 120 cm³/mol. The molecule has 166 valence electrons. The molecule has 4 nitrogen and oxygen atoms in total. The summed E-state index contributed by atoms with van der Waals surface area (Å²) in [5, 5.41) is 3.36. The number of benzene rings is 2. The van der Waals surface area contributed by atoms with Gasteiger partial charge in [0.05, 0.1) is 12.5 Å². The smallest absolute Gasteiger partial charge is 0.226 e. The van der Waals surface area contributed by atoms with Crippen molar-refractivity contribution < 1.29 is 18.7 Å². The fourth-order valence-electron chi connectivity index (χ4n) is 5.02. The van der Waals surface area contributed by atoms with Crippen molar-refractivity contribution >= 4 is 5.91 Å². The summed E-state index contributed by atoms with van der Waals surface area (Å²) in [7, 11) is 1.59. The third-order valence-corrected chi connectivity index (χ3v) is 6.87. The first-order chi connectivity index (χ1) is 15.1. The number of carbonyl (C=O) groups is 1. The van der Waals surface area contributed by atoms with Crippen molar-refractivity contribution in [2.24, 2.45) is 5.41 Å². The highest BCUT2D eigenvalue weighted by molar-refractivity contribution is 5.84. The van der Waals surface area contributed by atoms with Gasteiger partial charge in [-0.25, -0.2) is 4.39 Å². The fourth-order valence-corrected chi connectivity index (χ4v) is 5.02. The Morgan fingerprint density at radius 2 is 1.84 bits per heavy atom. The molecule has 1 saturated heterocycles. The Labute approximate surface area is 184 Å². The quantitative estimate of drug-likeness (QED) is 0.684. The number of ether oxygens (including phenoxy) is 2. The van der Waals surface area contributed by atoms with Crippen molar-refractivity contribution in [3.8, 4) is 16.9 Å². The molecule has 4 rings (SSSR count). The summed E-state index contributed by atoms with van der Waals surface area (Å²) in [6.45, 7) is 1.17. The summed E-state index contributed by atoms with van der Waals surface area (Å²) < 4.78 is 25.2. The maximum atomic E-state index is 14.1. The van der Waals surface area contributed by atoms with Crippen LogP contribution in [0.25, 0.3) is 11.1 Å². The van der Waals surface area contributed by atoms with E-state index in [2.05, 4.69) is 5.32 Å². The molecule has 0 aromatic heterocycles. The molecule has 1 heterocycles. The predicted octanol–water partition coefficient (Wildman–Crippen LogP) is 5.29. The Kier molecular flexibility index (Phi) is 6.91. The van der Waals surface area contributed by atoms with Crippen molar-refractivity contribution in [1.82, 2.24) is 5.32 Å². The molecule has 0 atom stereocenters. The van der Waals surface area contributed by atoms with E-state index >= 15 is 0 Å². The van der Waals surface area contributed by atoms with Crippen LogP contribution >= 0.6 is 0 Å². The van der Waals surface area contributed by atoms with Crippen LogP contribution in [0.4, 0.5) is 4.39 Å². The van der Waals surface area contributed by atoms with Gasteiger partial charge < -0.3 is 14.8 Å². The Morgan fingerprint density at radius 1 is 1.10 bits per heavy atom. The third-order valence-electron chi connectivity index (χ3n) is 6.87. The first-order valence-electron chi connectivity index (χ1n) is 11.4. The second kappa shape index (κ2) is 9.82. The number of nitrogens with one attached hydrogen (secondary N) is 1. The number of hydrogen-bond acceptors (Lipinski definition) is 3. The van der Waals surface area contributed by atoms with E-state index < -0.39 is 5.41 Å². The van der Waals surface area contributed by atoms with Crippen LogP contribution in [0.2, 0.25) is 0 Å². The van der Waals surface area contributed by atoms with Gasteiger partial charge in [0.25, 0.3) is 0 Å². The van der Waals surface area contributed by atoms with E-state index in [0.29, 0.717) is 43.8 Å². The van der Waals surface area contributed by atoms with E-state index in [9.17, 15) is 9.18 Å². The van der Waals surface area contributed by atoms with E-state index in [1.165, 1.54) is 31.4 Å². The van der Waals surface area contributed by atoms with Crippen LogP contribution < -0.4 is 10.1 Å². The Bertz CT molecular complexity index is 901. The number of rotatable bonds is 6. The van der Waals surface area contributed by atoms with Gasteiger partial charge in [0.15, 0.2) is 0 Å². The number of amides is 1. The molecule has 1 aliphatic carbocycles. The number of carbonyl (C=O) groups excluding carboxylic acids is 1. The SMILES string of the molecule is COc1ccc(F)cc1-c1ccccc1CC1(C(=O)NC2CCCCC2)CCOCC1. The van der Waals surface area contributed by atoms with Gasteiger partial charge in [-0.2, -0.15) is 0 Å². The molecule has 2 fully saturated rings. The molecule has 0 radical (unpaired) electrons. The summed E-state index contributed by atoms with van der Waals surface area (Å²) in [6, 6.07) is 12.8. The Hall–Kier alpha value is -2.40.